The van der Waals surface area contributed by atoms with Crippen LogP contribution in [0.2, 0.25) is 58.9 Å². The van der Waals surface area contributed by atoms with Crippen LogP contribution in [-0.4, -0.2) is 78.1 Å². The summed E-state index contributed by atoms with van der Waals surface area (Å²) in [5.74, 6) is -1.10. The van der Waals surface area contributed by atoms with E-state index in [2.05, 4.69) is 65.8 Å². The number of ether oxygens (including phenoxy) is 2. The third-order valence-electron chi connectivity index (χ3n) is 10.4. The summed E-state index contributed by atoms with van der Waals surface area (Å²) in [6.45, 7) is 23.8. The molecule has 2 heterocycles. The van der Waals surface area contributed by atoms with Gasteiger partial charge in [0, 0.05) is 31.8 Å². The summed E-state index contributed by atoms with van der Waals surface area (Å²) < 4.78 is 31.9. The highest BCUT2D eigenvalue weighted by Gasteiger charge is 2.41. The maximum Gasteiger partial charge on any atom is 0.336 e. The number of hydrogen-bond donors (Lipinski definition) is 1. The van der Waals surface area contributed by atoms with Crippen molar-refractivity contribution in [1.82, 2.24) is 0 Å². The van der Waals surface area contributed by atoms with Crippen molar-refractivity contribution in [3.05, 3.63) is 11.6 Å². The summed E-state index contributed by atoms with van der Waals surface area (Å²) in [5.41, 5.74) is 0.496. The van der Waals surface area contributed by atoms with Crippen LogP contribution in [0.3, 0.4) is 0 Å². The van der Waals surface area contributed by atoms with Gasteiger partial charge in [0.2, 0.25) is 5.79 Å². The monoisotopic (exact) mass is 827 g/mol. The zero-order valence-electron chi connectivity index (χ0n) is 37.5. The molecule has 11 heteroatoms. The number of unbranched alkanes of at least 4 members (excludes halogenated alkanes) is 12. The molecule has 1 N–H and O–H groups in total. The van der Waals surface area contributed by atoms with E-state index in [-0.39, 0.29) is 30.8 Å². The zero-order valence-corrected chi connectivity index (χ0v) is 40.5. The van der Waals surface area contributed by atoms with E-state index in [1.54, 1.807) is 13.0 Å². The molecule has 0 aliphatic carbocycles. The van der Waals surface area contributed by atoms with Crippen molar-refractivity contribution in [1.29, 1.82) is 0 Å². The van der Waals surface area contributed by atoms with E-state index in [0.29, 0.717) is 30.6 Å². The SMILES string of the molecule is CCCCCCCCCCCC[C@@H](O[Si](C)(C)C)[C@H]1CC[C@H]([C@@H](CCCC(=O)CCCCCC[C@@H](O)CC2=CC(C)(O[Si](C)(C)C)OC2=O)O[Si](C)(C)C)O1. The van der Waals surface area contributed by atoms with Gasteiger partial charge in [-0.3, -0.25) is 4.79 Å². The minimum Gasteiger partial charge on any atom is -0.427 e. The molecule has 0 saturated carbocycles. The predicted molar refractivity (Wildman–Crippen MR) is 235 cm³/mol. The van der Waals surface area contributed by atoms with Gasteiger partial charge in [-0.15, -0.1) is 0 Å². The molecule has 55 heavy (non-hydrogen) atoms. The Bertz CT molecular complexity index is 1130. The molecule has 0 aromatic carbocycles. The van der Waals surface area contributed by atoms with E-state index >= 15 is 0 Å². The number of aliphatic hydroxyl groups excluding tert-OH is 1. The quantitative estimate of drug-likeness (QED) is 0.0406. The number of ketones is 1. The molecule has 0 aromatic rings. The number of carbonyl (C=O) groups excluding carboxylic acids is 2. The molecule has 1 saturated heterocycles. The van der Waals surface area contributed by atoms with Crippen molar-refractivity contribution in [2.45, 2.75) is 257 Å². The lowest BCUT2D eigenvalue weighted by atomic mass is 9.99. The fourth-order valence-electron chi connectivity index (χ4n) is 8.11. The summed E-state index contributed by atoms with van der Waals surface area (Å²) in [6.07, 6.45) is 25.5. The molecule has 0 aromatic heterocycles. The molecular weight excluding hydrogens is 741 g/mol. The molecule has 2 aliphatic heterocycles. The smallest absolute Gasteiger partial charge is 0.336 e. The van der Waals surface area contributed by atoms with Gasteiger partial charge in [-0.25, -0.2) is 4.79 Å². The molecule has 0 bridgehead atoms. The molecule has 0 amide bonds. The molecule has 1 unspecified atom stereocenters. The Morgan fingerprint density at radius 2 is 1.16 bits per heavy atom. The molecular formula is C44H86O8Si3. The first-order valence-electron chi connectivity index (χ1n) is 22.5. The van der Waals surface area contributed by atoms with Crippen LogP contribution >= 0.6 is 0 Å². The van der Waals surface area contributed by atoms with Crippen molar-refractivity contribution in [3.8, 4) is 0 Å². The van der Waals surface area contributed by atoms with Crippen LogP contribution < -0.4 is 0 Å². The Kier molecular flexibility index (Phi) is 23.0. The third-order valence-corrected chi connectivity index (χ3v) is 13.4. The van der Waals surface area contributed by atoms with Gasteiger partial charge in [0.1, 0.15) is 5.78 Å². The van der Waals surface area contributed by atoms with Crippen molar-refractivity contribution in [3.63, 3.8) is 0 Å². The number of aliphatic hydroxyl groups is 1. The van der Waals surface area contributed by atoms with Crippen molar-refractivity contribution in [2.75, 3.05) is 0 Å². The highest BCUT2D eigenvalue weighted by Crippen LogP contribution is 2.34. The van der Waals surface area contributed by atoms with Crippen LogP contribution in [0.4, 0.5) is 0 Å². The van der Waals surface area contributed by atoms with Gasteiger partial charge in [-0.05, 0) is 110 Å². The summed E-state index contributed by atoms with van der Waals surface area (Å²) in [5, 5.41) is 10.6. The second-order valence-electron chi connectivity index (χ2n) is 19.8. The van der Waals surface area contributed by atoms with Crippen LogP contribution in [0.1, 0.15) is 162 Å². The van der Waals surface area contributed by atoms with Gasteiger partial charge in [0.05, 0.1) is 30.5 Å². The Balaban J connectivity index is 1.71. The molecule has 2 aliphatic rings. The lowest BCUT2D eigenvalue weighted by molar-refractivity contribution is -0.168. The van der Waals surface area contributed by atoms with Crippen LogP contribution in [0, 0.1) is 0 Å². The van der Waals surface area contributed by atoms with Crippen LogP contribution in [0.5, 0.6) is 0 Å². The first kappa shape index (κ1) is 50.5. The van der Waals surface area contributed by atoms with E-state index in [0.717, 1.165) is 57.8 Å². The topological polar surface area (TPSA) is 101 Å². The zero-order chi connectivity index (χ0) is 41.1. The molecule has 0 spiro atoms. The molecule has 2 rings (SSSR count). The van der Waals surface area contributed by atoms with Crippen LogP contribution in [0.15, 0.2) is 11.6 Å². The first-order chi connectivity index (χ1) is 25.7. The first-order valence-corrected chi connectivity index (χ1v) is 32.8. The van der Waals surface area contributed by atoms with E-state index in [9.17, 15) is 14.7 Å². The predicted octanol–water partition coefficient (Wildman–Crippen LogP) is 12.2. The Morgan fingerprint density at radius 1 is 0.709 bits per heavy atom. The summed E-state index contributed by atoms with van der Waals surface area (Å²) >= 11 is 0. The Labute approximate surface area is 341 Å². The third kappa shape index (κ3) is 23.5. The summed E-state index contributed by atoms with van der Waals surface area (Å²) in [6, 6.07) is 0. The van der Waals surface area contributed by atoms with Crippen molar-refractivity contribution < 1.29 is 37.4 Å². The maximum absolute atomic E-state index is 12.9. The number of rotatable bonds is 32. The highest BCUT2D eigenvalue weighted by atomic mass is 28.4. The standard InChI is InChI=1S/C44H86O8Si3/c1-12-13-14-15-16-17-18-19-20-25-30-41(50-53(3,4)5)39-32-33-40(48-39)42(51-54(6,7)8)31-26-29-37(45)27-23-21-22-24-28-38(46)34-36-35-44(2,49-43(36)47)52-55(9,10)11/h35,38-42,46H,12-34H2,1-11H3/t38-,39-,40-,41-,42-,44?/m1/s1. The number of carbonyl (C=O) groups is 2. The molecule has 0 radical (unpaired) electrons. The summed E-state index contributed by atoms with van der Waals surface area (Å²) in [7, 11) is -5.44. The number of cyclic esters (lactones) is 1. The van der Waals surface area contributed by atoms with E-state index in [4.69, 9.17) is 22.8 Å². The van der Waals surface area contributed by atoms with E-state index < -0.39 is 42.8 Å². The lowest BCUT2D eigenvalue weighted by Crippen LogP contribution is -2.42. The Hall–Kier alpha value is -0.669. The number of esters is 1. The summed E-state index contributed by atoms with van der Waals surface area (Å²) in [4.78, 5) is 25.3. The van der Waals surface area contributed by atoms with Gasteiger partial charge >= 0.3 is 5.97 Å². The van der Waals surface area contributed by atoms with Gasteiger partial charge < -0.3 is 27.9 Å². The largest absolute Gasteiger partial charge is 0.427 e. The molecule has 8 nitrogen and oxygen atoms in total. The molecule has 322 valence electrons. The van der Waals surface area contributed by atoms with Crippen LogP contribution in [0.25, 0.3) is 0 Å². The minimum absolute atomic E-state index is 0.0317. The van der Waals surface area contributed by atoms with Crippen molar-refractivity contribution in [2.24, 2.45) is 0 Å². The highest BCUT2D eigenvalue weighted by molar-refractivity contribution is 6.70. The number of hydrogen-bond acceptors (Lipinski definition) is 8. The lowest BCUT2D eigenvalue weighted by Gasteiger charge is -2.33. The fraction of sp³-hybridized carbons (Fsp3) is 0.909. The van der Waals surface area contributed by atoms with E-state index in [1.807, 2.05) is 0 Å². The minimum atomic E-state index is -1.91. The van der Waals surface area contributed by atoms with Crippen LogP contribution in [-0.2, 0) is 32.3 Å². The van der Waals surface area contributed by atoms with Gasteiger partial charge in [-0.2, -0.15) is 0 Å². The average Bonchev–Trinajstić information content (AvgIpc) is 3.64. The van der Waals surface area contributed by atoms with E-state index in [1.165, 1.54) is 64.2 Å². The second kappa shape index (κ2) is 25.1. The average molecular weight is 827 g/mol. The van der Waals surface area contributed by atoms with Gasteiger partial charge in [0.15, 0.2) is 25.0 Å². The van der Waals surface area contributed by atoms with Crippen molar-refractivity contribution >= 4 is 36.7 Å². The molecule has 1 fully saturated rings. The second-order valence-corrected chi connectivity index (χ2v) is 33.2. The van der Waals surface area contributed by atoms with Gasteiger partial charge in [0.25, 0.3) is 0 Å². The van der Waals surface area contributed by atoms with Gasteiger partial charge in [-0.1, -0.05) is 90.4 Å². The maximum atomic E-state index is 12.9. The fourth-order valence-corrected chi connectivity index (χ4v) is 11.8. The Morgan fingerprint density at radius 3 is 1.67 bits per heavy atom. The number of Topliss-reactive ketones (excluding diaryl/α,β-unsaturated/α-hetero) is 1. The molecule has 6 atom stereocenters. The normalized spacial score (nSPS) is 22.5.